The molecule has 1 fully saturated rings. The maximum atomic E-state index is 14.0. The third-order valence-corrected chi connectivity index (χ3v) is 5.93. The Balaban J connectivity index is 1.47. The van der Waals surface area contributed by atoms with Crippen LogP contribution in [0.4, 0.5) is 14.5 Å². The number of anilines is 1. The maximum absolute atomic E-state index is 14.0. The van der Waals surface area contributed by atoms with Crippen LogP contribution in [0.5, 0.6) is 0 Å². The van der Waals surface area contributed by atoms with Crippen LogP contribution in [-0.4, -0.2) is 36.3 Å². The SMILES string of the molecule is CCN(C(=O)C1CCN(C(=O)c2ccc(F)cc2F)CC1)c1cccc2ccccc12. The smallest absolute Gasteiger partial charge is 0.256 e. The number of likely N-dealkylation sites (tertiary alicyclic amines) is 1. The Hall–Kier alpha value is -3.28. The molecule has 0 aliphatic carbocycles. The van der Waals surface area contributed by atoms with Crippen molar-refractivity contribution in [2.75, 3.05) is 24.5 Å². The minimum Gasteiger partial charge on any atom is -0.339 e. The highest BCUT2D eigenvalue weighted by Gasteiger charge is 2.31. The maximum Gasteiger partial charge on any atom is 0.256 e. The molecule has 0 atom stereocenters. The van der Waals surface area contributed by atoms with Gasteiger partial charge in [0.1, 0.15) is 11.6 Å². The lowest BCUT2D eigenvalue weighted by molar-refractivity contribution is -0.123. The summed E-state index contributed by atoms with van der Waals surface area (Å²) < 4.78 is 27.1. The summed E-state index contributed by atoms with van der Waals surface area (Å²) in [5.74, 6) is -2.22. The number of fused-ring (bicyclic) bond motifs is 1. The Morgan fingerprint density at radius 3 is 2.42 bits per heavy atom. The fourth-order valence-electron chi connectivity index (χ4n) is 4.27. The molecular formula is C25H24F2N2O2. The van der Waals surface area contributed by atoms with Gasteiger partial charge in [-0.2, -0.15) is 0 Å². The van der Waals surface area contributed by atoms with Crippen LogP contribution in [0.2, 0.25) is 0 Å². The molecule has 1 aliphatic heterocycles. The van der Waals surface area contributed by atoms with Gasteiger partial charge in [-0.3, -0.25) is 9.59 Å². The predicted molar refractivity (Wildman–Crippen MR) is 117 cm³/mol. The molecule has 0 unspecified atom stereocenters. The molecule has 0 radical (unpaired) electrons. The fraction of sp³-hybridized carbons (Fsp3) is 0.280. The van der Waals surface area contributed by atoms with Crippen LogP contribution >= 0.6 is 0 Å². The lowest BCUT2D eigenvalue weighted by atomic mass is 9.94. The standard InChI is InChI=1S/C25H24F2N2O2/c1-2-29(23-9-5-7-17-6-3-4-8-20(17)23)24(30)18-12-14-28(15-13-18)25(31)21-11-10-19(26)16-22(21)27/h3-11,16,18H,2,12-15H2,1H3. The molecule has 3 aromatic rings. The summed E-state index contributed by atoms with van der Waals surface area (Å²) in [6.45, 7) is 3.22. The van der Waals surface area contributed by atoms with Crippen LogP contribution < -0.4 is 4.90 Å². The monoisotopic (exact) mass is 422 g/mol. The molecule has 0 N–H and O–H groups in total. The van der Waals surface area contributed by atoms with Gasteiger partial charge in [0.05, 0.1) is 11.3 Å². The van der Waals surface area contributed by atoms with Crippen LogP contribution in [0.3, 0.4) is 0 Å². The zero-order valence-electron chi connectivity index (χ0n) is 17.4. The van der Waals surface area contributed by atoms with Gasteiger partial charge in [0.25, 0.3) is 5.91 Å². The molecule has 160 valence electrons. The molecule has 4 nitrogen and oxygen atoms in total. The first-order valence-corrected chi connectivity index (χ1v) is 10.5. The van der Waals surface area contributed by atoms with Crippen LogP contribution in [0.15, 0.2) is 60.7 Å². The van der Waals surface area contributed by atoms with Crippen molar-refractivity contribution in [1.82, 2.24) is 4.90 Å². The van der Waals surface area contributed by atoms with Gasteiger partial charge in [-0.15, -0.1) is 0 Å². The highest BCUT2D eigenvalue weighted by atomic mass is 19.1. The molecule has 31 heavy (non-hydrogen) atoms. The normalized spacial score (nSPS) is 14.6. The highest BCUT2D eigenvalue weighted by Crippen LogP contribution is 2.30. The van der Waals surface area contributed by atoms with Crippen LogP contribution in [0, 0.1) is 17.6 Å². The Bertz CT molecular complexity index is 1120. The third kappa shape index (κ3) is 4.15. The van der Waals surface area contributed by atoms with E-state index in [1.807, 2.05) is 54.3 Å². The second-order valence-corrected chi connectivity index (χ2v) is 7.77. The molecule has 0 bridgehead atoms. The molecule has 4 rings (SSSR count). The summed E-state index contributed by atoms with van der Waals surface area (Å²) in [6.07, 6.45) is 1.02. The summed E-state index contributed by atoms with van der Waals surface area (Å²) in [6, 6.07) is 16.9. The minimum atomic E-state index is -0.865. The number of carbonyl (C=O) groups is 2. The molecular weight excluding hydrogens is 398 g/mol. The summed E-state index contributed by atoms with van der Waals surface area (Å²) in [7, 11) is 0. The largest absolute Gasteiger partial charge is 0.339 e. The zero-order chi connectivity index (χ0) is 22.0. The van der Waals surface area contributed by atoms with E-state index in [1.54, 1.807) is 0 Å². The van der Waals surface area contributed by atoms with Crippen molar-refractivity contribution in [3.63, 3.8) is 0 Å². The van der Waals surface area contributed by atoms with Crippen molar-refractivity contribution in [2.24, 2.45) is 5.92 Å². The van der Waals surface area contributed by atoms with Gasteiger partial charge in [-0.25, -0.2) is 8.78 Å². The average Bonchev–Trinajstić information content (AvgIpc) is 2.79. The van der Waals surface area contributed by atoms with Gasteiger partial charge < -0.3 is 9.80 Å². The molecule has 2 amide bonds. The van der Waals surface area contributed by atoms with E-state index in [4.69, 9.17) is 0 Å². The molecule has 0 saturated carbocycles. The summed E-state index contributed by atoms with van der Waals surface area (Å²) in [5.41, 5.74) is 0.745. The van der Waals surface area contributed by atoms with E-state index >= 15 is 0 Å². The second kappa shape index (κ2) is 8.84. The highest BCUT2D eigenvalue weighted by molar-refractivity contribution is 6.04. The molecule has 3 aromatic carbocycles. The number of rotatable bonds is 4. The van der Waals surface area contributed by atoms with Crippen molar-refractivity contribution in [3.05, 3.63) is 77.9 Å². The third-order valence-electron chi connectivity index (χ3n) is 5.93. The van der Waals surface area contributed by atoms with E-state index in [2.05, 4.69) is 0 Å². The Morgan fingerprint density at radius 1 is 1.00 bits per heavy atom. The molecule has 1 aliphatic rings. The Morgan fingerprint density at radius 2 is 1.71 bits per heavy atom. The van der Waals surface area contributed by atoms with Crippen molar-refractivity contribution in [3.8, 4) is 0 Å². The van der Waals surface area contributed by atoms with Crippen LogP contribution in [0.1, 0.15) is 30.1 Å². The molecule has 6 heteroatoms. The number of carbonyl (C=O) groups excluding carboxylic acids is 2. The van der Waals surface area contributed by atoms with E-state index in [1.165, 1.54) is 11.0 Å². The van der Waals surface area contributed by atoms with Gasteiger partial charge in [0.15, 0.2) is 0 Å². The van der Waals surface area contributed by atoms with Gasteiger partial charge in [-0.05, 0) is 43.4 Å². The first-order valence-electron chi connectivity index (χ1n) is 10.5. The summed E-state index contributed by atoms with van der Waals surface area (Å²) in [4.78, 5) is 29.3. The van der Waals surface area contributed by atoms with Gasteiger partial charge >= 0.3 is 0 Å². The van der Waals surface area contributed by atoms with E-state index < -0.39 is 17.5 Å². The Kier molecular flexibility index (Phi) is 5.98. The van der Waals surface area contributed by atoms with Gasteiger partial charge in [0, 0.05) is 37.0 Å². The topological polar surface area (TPSA) is 40.6 Å². The Labute approximate surface area is 180 Å². The van der Waals surface area contributed by atoms with Crippen molar-refractivity contribution in [1.29, 1.82) is 0 Å². The number of hydrogen-bond acceptors (Lipinski definition) is 2. The number of amides is 2. The number of halogens is 2. The number of nitrogens with zero attached hydrogens (tertiary/aromatic N) is 2. The quantitative estimate of drug-likeness (QED) is 0.592. The lowest BCUT2D eigenvalue weighted by Gasteiger charge is -2.34. The molecule has 0 spiro atoms. The van der Waals surface area contributed by atoms with E-state index in [0.717, 1.165) is 22.5 Å². The van der Waals surface area contributed by atoms with Gasteiger partial charge in [-0.1, -0.05) is 36.4 Å². The van der Waals surface area contributed by atoms with Crippen molar-refractivity contribution in [2.45, 2.75) is 19.8 Å². The molecule has 0 aromatic heterocycles. The van der Waals surface area contributed by atoms with E-state index in [0.29, 0.717) is 38.5 Å². The fourth-order valence-corrected chi connectivity index (χ4v) is 4.27. The van der Waals surface area contributed by atoms with Crippen LogP contribution in [-0.2, 0) is 4.79 Å². The van der Waals surface area contributed by atoms with Crippen LogP contribution in [0.25, 0.3) is 10.8 Å². The van der Waals surface area contributed by atoms with Crippen molar-refractivity contribution < 1.29 is 18.4 Å². The summed E-state index contributed by atoms with van der Waals surface area (Å²) >= 11 is 0. The minimum absolute atomic E-state index is 0.0407. The van der Waals surface area contributed by atoms with E-state index in [-0.39, 0.29) is 17.4 Å². The number of piperidine rings is 1. The molecule has 1 saturated heterocycles. The van der Waals surface area contributed by atoms with E-state index in [9.17, 15) is 18.4 Å². The van der Waals surface area contributed by atoms with Gasteiger partial charge in [0.2, 0.25) is 5.91 Å². The second-order valence-electron chi connectivity index (χ2n) is 7.77. The first-order chi connectivity index (χ1) is 15.0. The van der Waals surface area contributed by atoms with Crippen molar-refractivity contribution >= 4 is 28.3 Å². The molecule has 1 heterocycles. The number of benzene rings is 3. The lowest BCUT2D eigenvalue weighted by Crippen LogP contribution is -2.44. The number of hydrogen-bond donors (Lipinski definition) is 0. The summed E-state index contributed by atoms with van der Waals surface area (Å²) in [5, 5.41) is 2.10. The predicted octanol–water partition coefficient (Wildman–Crippen LogP) is 5.02. The average molecular weight is 422 g/mol. The zero-order valence-corrected chi connectivity index (χ0v) is 17.4. The first kappa shape index (κ1) is 21.0.